The van der Waals surface area contributed by atoms with E-state index in [0.29, 0.717) is 12.8 Å². The molecule has 73 heavy (non-hydrogen) atoms. The Kier molecular flexibility index (Phi) is 47.8. The van der Waals surface area contributed by atoms with Gasteiger partial charge in [0.1, 0.15) is 24.4 Å². The van der Waals surface area contributed by atoms with Crippen molar-refractivity contribution in [2.24, 2.45) is 0 Å². The van der Waals surface area contributed by atoms with E-state index in [0.717, 1.165) is 77.0 Å². The second-order valence-electron chi connectivity index (χ2n) is 21.5. The maximum Gasteiger partial charge on any atom is 0.306 e. The van der Waals surface area contributed by atoms with Gasteiger partial charge in [-0.1, -0.05) is 263 Å². The summed E-state index contributed by atoms with van der Waals surface area (Å²) < 4.78 is 17.6. The van der Waals surface area contributed by atoms with Crippen LogP contribution in [0.3, 0.4) is 0 Å². The smallest absolute Gasteiger partial charge is 0.306 e. The van der Waals surface area contributed by atoms with Crippen molar-refractivity contribution in [2.75, 3.05) is 13.2 Å². The van der Waals surface area contributed by atoms with E-state index in [9.17, 15) is 35.1 Å². The zero-order valence-corrected chi connectivity index (χ0v) is 47.3. The molecule has 8 atom stereocenters. The van der Waals surface area contributed by atoms with Crippen molar-refractivity contribution < 1.29 is 49.3 Å². The molecule has 0 aromatic rings. The molecule has 11 heteroatoms. The van der Waals surface area contributed by atoms with Crippen molar-refractivity contribution in [1.82, 2.24) is 5.32 Å². The fourth-order valence-corrected chi connectivity index (χ4v) is 9.64. The van der Waals surface area contributed by atoms with E-state index in [2.05, 4.69) is 50.4 Å². The summed E-state index contributed by atoms with van der Waals surface area (Å²) in [6, 6.07) is -1.03. The van der Waals surface area contributed by atoms with Crippen LogP contribution in [0.2, 0.25) is 0 Å². The molecule has 1 fully saturated rings. The monoisotopic (exact) mass is 1030 g/mol. The number of carbonyl (C=O) groups excluding carboxylic acids is 2. The van der Waals surface area contributed by atoms with E-state index >= 15 is 0 Å². The molecular weight excluding hydrogens is 919 g/mol. The molecule has 428 valence electrons. The Labute approximate surface area is 447 Å². The highest BCUT2D eigenvalue weighted by Gasteiger charge is 2.47. The minimum Gasteiger partial charge on any atom is -0.454 e. The Morgan fingerprint density at radius 1 is 0.534 bits per heavy atom. The lowest BCUT2D eigenvalue weighted by atomic mass is 9.99. The van der Waals surface area contributed by atoms with Crippen molar-refractivity contribution in [1.29, 1.82) is 0 Å². The average Bonchev–Trinajstić information content (AvgIpc) is 3.39. The summed E-state index contributed by atoms with van der Waals surface area (Å²) in [7, 11) is 0. The fourth-order valence-electron chi connectivity index (χ4n) is 9.64. The lowest BCUT2D eigenvalue weighted by Gasteiger charge is -2.41. The lowest BCUT2D eigenvalue weighted by molar-refractivity contribution is -0.305. The first-order valence-electron chi connectivity index (χ1n) is 30.8. The summed E-state index contributed by atoms with van der Waals surface area (Å²) in [5, 5.41) is 56.9. The highest BCUT2D eigenvalue weighted by Crippen LogP contribution is 2.26. The second kappa shape index (κ2) is 50.7. The molecule has 1 saturated heterocycles. The number of aliphatic hydroxyl groups excluding tert-OH is 5. The molecule has 0 spiro atoms. The molecule has 1 heterocycles. The number of unbranched alkanes of at least 4 members (excludes halogenated alkanes) is 35. The second-order valence-corrected chi connectivity index (χ2v) is 21.5. The number of amides is 1. The predicted octanol–water partition coefficient (Wildman–Crippen LogP) is 14.3. The van der Waals surface area contributed by atoms with Crippen LogP contribution < -0.4 is 5.32 Å². The van der Waals surface area contributed by atoms with Gasteiger partial charge in [0, 0.05) is 6.42 Å². The Hall–Kier alpha value is -2.12. The number of rotatable bonds is 52. The summed E-state index contributed by atoms with van der Waals surface area (Å²) >= 11 is 0. The van der Waals surface area contributed by atoms with Crippen LogP contribution in [-0.2, 0) is 23.8 Å². The van der Waals surface area contributed by atoms with Crippen LogP contribution in [0.5, 0.6) is 0 Å². The fraction of sp³-hybridized carbons (Fsp3) is 0.871. The van der Waals surface area contributed by atoms with Crippen molar-refractivity contribution in [3.63, 3.8) is 0 Å². The Balaban J connectivity index is 2.70. The summed E-state index contributed by atoms with van der Waals surface area (Å²) in [5.74, 6) is -1.20. The molecule has 1 aliphatic heterocycles. The molecule has 1 rings (SSSR count). The van der Waals surface area contributed by atoms with Gasteiger partial charge in [-0.15, -0.1) is 0 Å². The third kappa shape index (κ3) is 39.0. The van der Waals surface area contributed by atoms with Crippen LogP contribution in [0, 0.1) is 0 Å². The van der Waals surface area contributed by atoms with Gasteiger partial charge in [0.25, 0.3) is 0 Å². The minimum absolute atomic E-state index is 0.127. The number of hydrogen-bond donors (Lipinski definition) is 6. The van der Waals surface area contributed by atoms with Crippen LogP contribution >= 0.6 is 0 Å². The van der Waals surface area contributed by atoms with E-state index in [1.807, 2.05) is 6.08 Å². The highest BCUT2D eigenvalue weighted by molar-refractivity contribution is 5.80. The molecule has 8 unspecified atom stereocenters. The molecule has 1 amide bonds. The van der Waals surface area contributed by atoms with Gasteiger partial charge in [0.05, 0.1) is 25.4 Å². The summed E-state index contributed by atoms with van der Waals surface area (Å²) in [5.41, 5.74) is 0. The first-order chi connectivity index (χ1) is 35.7. The van der Waals surface area contributed by atoms with Crippen molar-refractivity contribution in [3.05, 3.63) is 36.5 Å². The SMILES string of the molecule is CCCCC/C=C/C=C/CCCCCCCC(O)C(=O)NC(COC1OC(CO)C(O)C(O)C1OC(=O)CCCCCCCCCCCCCCCCCCC)C(O)/C=C/CCCCCCCCCCCCC. The standard InChI is InChI=1S/C62H115NO10/c1-4-7-10-13-16-19-22-25-27-28-29-32-35-38-41-44-47-50-57(67)73-60-59(69)58(68)56(51-64)72-62(60)71-52-53(54(65)48-45-42-39-36-33-30-24-21-18-15-12-9-6-3)63-61(70)55(66)49-46-43-40-37-34-31-26-23-20-17-14-11-8-5-2/h17,20,23,26,45,48,53-56,58-60,62,64-66,68-69H,4-16,18-19,21-22,24-25,27-44,46-47,49-52H2,1-3H3,(H,63,70)/b20-17+,26-23+,48-45+. The molecule has 6 N–H and O–H groups in total. The lowest BCUT2D eigenvalue weighted by Crippen LogP contribution is -2.61. The van der Waals surface area contributed by atoms with Gasteiger partial charge < -0.3 is 45.1 Å². The van der Waals surface area contributed by atoms with Gasteiger partial charge in [0.15, 0.2) is 12.4 Å². The first-order valence-corrected chi connectivity index (χ1v) is 30.8. The van der Waals surface area contributed by atoms with Gasteiger partial charge in [-0.3, -0.25) is 9.59 Å². The molecule has 0 radical (unpaired) electrons. The largest absolute Gasteiger partial charge is 0.454 e. The molecule has 0 saturated carbocycles. The molecule has 11 nitrogen and oxygen atoms in total. The van der Waals surface area contributed by atoms with Gasteiger partial charge in [-0.2, -0.15) is 0 Å². The van der Waals surface area contributed by atoms with Crippen molar-refractivity contribution >= 4 is 11.9 Å². The number of esters is 1. The molecule has 0 bridgehead atoms. The van der Waals surface area contributed by atoms with Gasteiger partial charge in [-0.25, -0.2) is 0 Å². The maximum atomic E-state index is 13.4. The normalized spacial score (nSPS) is 19.6. The molecule has 0 aliphatic carbocycles. The minimum atomic E-state index is -1.61. The quantitative estimate of drug-likeness (QED) is 0.0149. The number of nitrogens with one attached hydrogen (secondary N) is 1. The Morgan fingerprint density at radius 3 is 1.40 bits per heavy atom. The van der Waals surface area contributed by atoms with Gasteiger partial charge in [0.2, 0.25) is 5.91 Å². The van der Waals surface area contributed by atoms with Gasteiger partial charge >= 0.3 is 5.97 Å². The van der Waals surface area contributed by atoms with E-state index in [1.165, 1.54) is 161 Å². The number of aliphatic hydroxyl groups is 5. The first kappa shape index (κ1) is 68.9. The Bertz CT molecular complexity index is 1330. The zero-order chi connectivity index (χ0) is 53.3. The zero-order valence-electron chi connectivity index (χ0n) is 47.3. The summed E-state index contributed by atoms with van der Waals surface area (Å²) in [6.45, 7) is 5.77. The van der Waals surface area contributed by atoms with E-state index in [-0.39, 0.29) is 19.4 Å². The topological polar surface area (TPSA) is 175 Å². The van der Waals surface area contributed by atoms with Crippen LogP contribution in [0.1, 0.15) is 284 Å². The number of ether oxygens (including phenoxy) is 3. The van der Waals surface area contributed by atoms with Crippen LogP contribution in [0.4, 0.5) is 0 Å². The van der Waals surface area contributed by atoms with Crippen molar-refractivity contribution in [3.8, 4) is 0 Å². The highest BCUT2D eigenvalue weighted by atomic mass is 16.7. The average molecular weight is 1030 g/mol. The predicted molar refractivity (Wildman–Crippen MR) is 301 cm³/mol. The van der Waals surface area contributed by atoms with Crippen LogP contribution in [-0.4, -0.2) is 99.6 Å². The molecule has 1 aliphatic rings. The number of carbonyl (C=O) groups is 2. The van der Waals surface area contributed by atoms with Gasteiger partial charge in [-0.05, 0) is 51.4 Å². The van der Waals surface area contributed by atoms with Crippen LogP contribution in [0.15, 0.2) is 36.5 Å². The number of allylic oxidation sites excluding steroid dienone is 5. The molecule has 0 aromatic carbocycles. The van der Waals surface area contributed by atoms with E-state index < -0.39 is 67.4 Å². The van der Waals surface area contributed by atoms with Crippen LogP contribution in [0.25, 0.3) is 0 Å². The molecule has 0 aromatic heterocycles. The maximum absolute atomic E-state index is 13.4. The number of hydrogen-bond acceptors (Lipinski definition) is 10. The third-order valence-corrected chi connectivity index (χ3v) is 14.6. The molecular formula is C62H115NO10. The van der Waals surface area contributed by atoms with E-state index in [4.69, 9.17) is 14.2 Å². The summed E-state index contributed by atoms with van der Waals surface area (Å²) in [6.07, 6.45) is 48.9. The Morgan fingerprint density at radius 2 is 0.932 bits per heavy atom. The van der Waals surface area contributed by atoms with E-state index in [1.54, 1.807) is 6.08 Å². The van der Waals surface area contributed by atoms with Crippen molar-refractivity contribution in [2.45, 2.75) is 333 Å². The summed E-state index contributed by atoms with van der Waals surface area (Å²) in [4.78, 5) is 26.5. The third-order valence-electron chi connectivity index (χ3n) is 14.6.